The smallest absolute Gasteiger partial charge is 0.0642 e. The first-order chi connectivity index (χ1) is 7.64. The van der Waals surface area contributed by atoms with E-state index in [0.717, 1.165) is 19.6 Å². The Balaban J connectivity index is 2.12. The van der Waals surface area contributed by atoms with Crippen molar-refractivity contribution in [3.63, 3.8) is 0 Å². The van der Waals surface area contributed by atoms with Gasteiger partial charge in [0.15, 0.2) is 0 Å². The largest absolute Gasteiger partial charge is 0.383 e. The molecular formula is C13H18BrNO. The van der Waals surface area contributed by atoms with E-state index in [-0.39, 0.29) is 5.54 Å². The van der Waals surface area contributed by atoms with Gasteiger partial charge < -0.3 is 10.1 Å². The average Bonchev–Trinajstić information content (AvgIpc) is 2.62. The molecule has 88 valence electrons. The average molecular weight is 284 g/mol. The number of hydrogen-bond donors (Lipinski definition) is 1. The summed E-state index contributed by atoms with van der Waals surface area (Å²) in [6, 6.07) is 8.48. The maximum Gasteiger partial charge on any atom is 0.0642 e. The third-order valence-electron chi connectivity index (χ3n) is 3.28. The molecule has 2 rings (SSSR count). The van der Waals surface area contributed by atoms with Gasteiger partial charge in [-0.1, -0.05) is 34.1 Å². The van der Waals surface area contributed by atoms with Crippen molar-refractivity contribution in [3.05, 3.63) is 34.3 Å². The lowest BCUT2D eigenvalue weighted by Gasteiger charge is -2.23. The van der Waals surface area contributed by atoms with Crippen molar-refractivity contribution in [1.29, 1.82) is 0 Å². The number of ether oxygens (including phenoxy) is 1. The summed E-state index contributed by atoms with van der Waals surface area (Å²) in [6.07, 6.45) is 1.13. The summed E-state index contributed by atoms with van der Waals surface area (Å²) >= 11 is 3.62. The Kier molecular flexibility index (Phi) is 3.67. The minimum absolute atomic E-state index is 0.120. The zero-order chi connectivity index (χ0) is 11.6. The highest BCUT2D eigenvalue weighted by Gasteiger charge is 2.35. The van der Waals surface area contributed by atoms with Crippen molar-refractivity contribution in [2.45, 2.75) is 24.8 Å². The molecular weight excluding hydrogens is 266 g/mol. The third kappa shape index (κ3) is 2.47. The summed E-state index contributed by atoms with van der Waals surface area (Å²) in [5.41, 5.74) is 1.52. The van der Waals surface area contributed by atoms with Crippen LogP contribution in [0.2, 0.25) is 0 Å². The lowest BCUT2D eigenvalue weighted by molar-refractivity contribution is 0.129. The summed E-state index contributed by atoms with van der Waals surface area (Å²) < 4.78 is 6.48. The van der Waals surface area contributed by atoms with E-state index in [4.69, 9.17) is 4.74 Å². The van der Waals surface area contributed by atoms with E-state index in [9.17, 15) is 0 Å². The molecule has 1 N–H and O–H groups in total. The molecule has 2 atom stereocenters. The van der Waals surface area contributed by atoms with Crippen LogP contribution in [0.25, 0.3) is 0 Å². The predicted molar refractivity (Wildman–Crippen MR) is 69.8 cm³/mol. The second-order valence-electron chi connectivity index (χ2n) is 4.80. The Morgan fingerprint density at radius 2 is 2.25 bits per heavy atom. The molecule has 1 aromatic rings. The van der Waals surface area contributed by atoms with Gasteiger partial charge in [-0.25, -0.2) is 0 Å². The van der Waals surface area contributed by atoms with Crippen molar-refractivity contribution in [1.82, 2.24) is 5.32 Å². The van der Waals surface area contributed by atoms with Gasteiger partial charge in [0.2, 0.25) is 0 Å². The first-order valence-electron chi connectivity index (χ1n) is 5.63. The Morgan fingerprint density at radius 3 is 2.94 bits per heavy atom. The molecule has 1 aromatic carbocycles. The monoisotopic (exact) mass is 283 g/mol. The highest BCUT2D eigenvalue weighted by molar-refractivity contribution is 9.10. The van der Waals surface area contributed by atoms with E-state index < -0.39 is 0 Å². The van der Waals surface area contributed by atoms with Crippen molar-refractivity contribution in [2.75, 3.05) is 20.3 Å². The zero-order valence-corrected chi connectivity index (χ0v) is 11.4. The molecule has 2 nitrogen and oxygen atoms in total. The van der Waals surface area contributed by atoms with Crippen LogP contribution in [0.4, 0.5) is 0 Å². The molecule has 1 saturated heterocycles. The fourth-order valence-corrected chi connectivity index (χ4v) is 3.12. The van der Waals surface area contributed by atoms with Gasteiger partial charge >= 0.3 is 0 Å². The Labute approximate surface area is 106 Å². The van der Waals surface area contributed by atoms with Gasteiger partial charge in [-0.05, 0) is 30.9 Å². The number of nitrogens with one attached hydrogen (secondary N) is 1. The van der Waals surface area contributed by atoms with Crippen LogP contribution in [-0.2, 0) is 4.74 Å². The molecule has 16 heavy (non-hydrogen) atoms. The third-order valence-corrected chi connectivity index (χ3v) is 4.00. The second kappa shape index (κ2) is 4.86. The summed E-state index contributed by atoms with van der Waals surface area (Å²) in [5, 5.41) is 3.56. The molecule has 2 unspecified atom stereocenters. The fraction of sp³-hybridized carbons (Fsp3) is 0.538. The van der Waals surface area contributed by atoms with Crippen LogP contribution in [0.15, 0.2) is 28.7 Å². The van der Waals surface area contributed by atoms with E-state index in [1.54, 1.807) is 7.11 Å². The number of rotatable bonds is 3. The molecule has 0 bridgehead atoms. The van der Waals surface area contributed by atoms with E-state index >= 15 is 0 Å². The van der Waals surface area contributed by atoms with Gasteiger partial charge in [-0.15, -0.1) is 0 Å². The quantitative estimate of drug-likeness (QED) is 0.921. The van der Waals surface area contributed by atoms with E-state index in [1.165, 1.54) is 10.0 Å². The van der Waals surface area contributed by atoms with Crippen molar-refractivity contribution >= 4 is 15.9 Å². The highest BCUT2D eigenvalue weighted by Crippen LogP contribution is 2.35. The van der Waals surface area contributed by atoms with Crippen molar-refractivity contribution < 1.29 is 4.74 Å². The maximum atomic E-state index is 5.27. The van der Waals surface area contributed by atoms with Gasteiger partial charge in [0.05, 0.1) is 6.61 Å². The lowest BCUT2D eigenvalue weighted by atomic mass is 9.91. The van der Waals surface area contributed by atoms with Gasteiger partial charge in [-0.2, -0.15) is 0 Å². The van der Waals surface area contributed by atoms with E-state index in [1.807, 2.05) is 0 Å². The van der Waals surface area contributed by atoms with Crippen molar-refractivity contribution in [3.8, 4) is 0 Å². The van der Waals surface area contributed by atoms with Crippen LogP contribution in [0.3, 0.4) is 0 Å². The number of halogens is 1. The molecule has 1 aliphatic heterocycles. The summed E-state index contributed by atoms with van der Waals surface area (Å²) in [5.74, 6) is 0.579. The van der Waals surface area contributed by atoms with Crippen LogP contribution in [-0.4, -0.2) is 25.8 Å². The molecule has 0 spiro atoms. The van der Waals surface area contributed by atoms with Gasteiger partial charge in [0, 0.05) is 23.7 Å². The Bertz CT molecular complexity index is 369. The summed E-state index contributed by atoms with van der Waals surface area (Å²) in [4.78, 5) is 0. The molecule has 0 amide bonds. The SMILES string of the molecule is COCC1(C)CC(c2ccccc2Br)CN1. The molecule has 0 saturated carbocycles. The molecule has 1 fully saturated rings. The molecule has 0 aromatic heterocycles. The fourth-order valence-electron chi connectivity index (χ4n) is 2.51. The minimum Gasteiger partial charge on any atom is -0.383 e. The van der Waals surface area contributed by atoms with Crippen LogP contribution >= 0.6 is 15.9 Å². The van der Waals surface area contributed by atoms with Crippen LogP contribution < -0.4 is 5.32 Å². The highest BCUT2D eigenvalue weighted by atomic mass is 79.9. The minimum atomic E-state index is 0.120. The first-order valence-corrected chi connectivity index (χ1v) is 6.42. The summed E-state index contributed by atoms with van der Waals surface area (Å²) in [6.45, 7) is 4.03. The Morgan fingerprint density at radius 1 is 1.50 bits per heavy atom. The molecule has 0 aliphatic carbocycles. The standard InChI is InChI=1S/C13H18BrNO/c1-13(9-16-2)7-10(8-15-13)11-5-3-4-6-12(11)14/h3-6,10,15H,7-9H2,1-2H3. The molecule has 3 heteroatoms. The van der Waals surface area contributed by atoms with Crippen LogP contribution in [0, 0.1) is 0 Å². The van der Waals surface area contributed by atoms with Crippen LogP contribution in [0.1, 0.15) is 24.8 Å². The summed E-state index contributed by atoms with van der Waals surface area (Å²) in [7, 11) is 1.76. The number of hydrogen-bond acceptors (Lipinski definition) is 2. The lowest BCUT2D eigenvalue weighted by Crippen LogP contribution is -2.40. The van der Waals surface area contributed by atoms with Gasteiger partial charge in [-0.3, -0.25) is 0 Å². The number of methoxy groups -OCH3 is 1. The number of benzene rings is 1. The first kappa shape index (κ1) is 12.1. The molecule has 1 heterocycles. The Hall–Kier alpha value is -0.380. The molecule has 0 radical (unpaired) electrons. The van der Waals surface area contributed by atoms with Crippen molar-refractivity contribution in [2.24, 2.45) is 0 Å². The second-order valence-corrected chi connectivity index (χ2v) is 5.65. The van der Waals surface area contributed by atoms with Crippen LogP contribution in [0.5, 0.6) is 0 Å². The normalized spacial score (nSPS) is 29.6. The van der Waals surface area contributed by atoms with Gasteiger partial charge in [0.1, 0.15) is 0 Å². The van der Waals surface area contributed by atoms with E-state index in [2.05, 4.69) is 52.4 Å². The molecule has 1 aliphatic rings. The maximum absolute atomic E-state index is 5.27. The predicted octanol–water partition coefficient (Wildman–Crippen LogP) is 2.93. The zero-order valence-electron chi connectivity index (χ0n) is 9.79. The van der Waals surface area contributed by atoms with E-state index in [0.29, 0.717) is 5.92 Å². The van der Waals surface area contributed by atoms with Gasteiger partial charge in [0.25, 0.3) is 0 Å². The topological polar surface area (TPSA) is 21.3 Å².